The quantitative estimate of drug-likeness (QED) is 0.352. The maximum absolute atomic E-state index is 12.8. The average molecular weight is 479 g/mol. The Labute approximate surface area is 188 Å². The number of thioether (sulfide) groups is 1. The van der Waals surface area contributed by atoms with Crippen molar-refractivity contribution in [2.24, 2.45) is 0 Å². The topological polar surface area (TPSA) is 106 Å². The van der Waals surface area contributed by atoms with Crippen LogP contribution in [-0.2, 0) is 15.8 Å². The molecule has 4 rings (SSSR count). The molecule has 31 heavy (non-hydrogen) atoms. The number of hydrogen-bond donors (Lipinski definition) is 0. The highest BCUT2D eigenvalue weighted by Crippen LogP contribution is 2.28. The fourth-order valence-electron chi connectivity index (χ4n) is 3.00. The van der Waals surface area contributed by atoms with Crippen molar-refractivity contribution < 1.29 is 12.9 Å². The molecule has 4 aromatic rings. The second-order valence-electron chi connectivity index (χ2n) is 6.45. The van der Waals surface area contributed by atoms with E-state index >= 15 is 0 Å². The van der Waals surface area contributed by atoms with Gasteiger partial charge in [-0.15, -0.1) is 10.2 Å². The molecule has 0 aliphatic heterocycles. The number of pyridine rings is 1. The normalized spacial score (nSPS) is 12.1. The van der Waals surface area contributed by atoms with E-state index in [1.165, 1.54) is 22.3 Å². The lowest BCUT2D eigenvalue weighted by atomic mass is 10.2. The van der Waals surface area contributed by atoms with Gasteiger partial charge in [0.05, 0.1) is 21.2 Å². The fourth-order valence-corrected chi connectivity index (χ4v) is 5.43. The smallest absolute Gasteiger partial charge is 0.259 e. The van der Waals surface area contributed by atoms with Crippen molar-refractivity contribution in [1.29, 1.82) is 0 Å². The van der Waals surface area contributed by atoms with Crippen molar-refractivity contribution in [2.45, 2.75) is 29.7 Å². The zero-order valence-electron chi connectivity index (χ0n) is 16.8. The van der Waals surface area contributed by atoms with Gasteiger partial charge in [-0.1, -0.05) is 54.5 Å². The molecule has 9 nitrogen and oxygen atoms in total. The van der Waals surface area contributed by atoms with Crippen LogP contribution in [-0.4, -0.2) is 50.6 Å². The fraction of sp³-hybridized carbons (Fsp3) is 0.263. The van der Waals surface area contributed by atoms with E-state index < -0.39 is 10.0 Å². The maximum Gasteiger partial charge on any atom is 0.259 e. The molecule has 0 unspecified atom stereocenters. The van der Waals surface area contributed by atoms with E-state index in [1.54, 1.807) is 42.5 Å². The molecule has 0 fully saturated rings. The summed E-state index contributed by atoms with van der Waals surface area (Å²) in [6, 6.07) is 10.4. The Morgan fingerprint density at radius 1 is 1.13 bits per heavy atom. The van der Waals surface area contributed by atoms with Gasteiger partial charge in [0.15, 0.2) is 16.6 Å². The lowest BCUT2D eigenvalue weighted by molar-refractivity contribution is 0.425. The first kappa shape index (κ1) is 21.8. The predicted octanol–water partition coefficient (Wildman–Crippen LogP) is 3.76. The molecule has 0 saturated carbocycles. The van der Waals surface area contributed by atoms with Crippen LogP contribution < -0.4 is 0 Å². The van der Waals surface area contributed by atoms with E-state index in [-0.39, 0.29) is 4.90 Å². The molecule has 0 saturated heterocycles. The molecule has 12 heteroatoms. The minimum atomic E-state index is -3.59. The summed E-state index contributed by atoms with van der Waals surface area (Å²) in [5.41, 5.74) is 1.21. The third-order valence-corrected chi connectivity index (χ3v) is 7.89. The van der Waals surface area contributed by atoms with Gasteiger partial charge in [-0.25, -0.2) is 8.42 Å². The van der Waals surface area contributed by atoms with Crippen LogP contribution in [0.25, 0.3) is 17.1 Å². The largest absolute Gasteiger partial charge is 0.334 e. The summed E-state index contributed by atoms with van der Waals surface area (Å²) in [5.74, 6) is 1.16. The van der Waals surface area contributed by atoms with Gasteiger partial charge in [0.2, 0.25) is 10.0 Å². The standard InChI is InChI=1S/C19H19ClN6O3S2/c1-3-25(4-2)31(27,28)13-9-10-17-22-23-19(26(17)11-13)30-12-16-21-18(29-24-16)14-7-5-6-8-15(14)20/h5-11H,3-4,12H2,1-2H3. The molecule has 0 radical (unpaired) electrons. The molecule has 0 bridgehead atoms. The molecular weight excluding hydrogens is 460 g/mol. The van der Waals surface area contributed by atoms with Crippen LogP contribution in [0, 0.1) is 0 Å². The van der Waals surface area contributed by atoms with Gasteiger partial charge >= 0.3 is 0 Å². The SMILES string of the molecule is CCN(CC)S(=O)(=O)c1ccc2nnc(SCc3noc(-c4ccccc4Cl)n3)n2c1. The number of sulfonamides is 1. The molecule has 0 spiro atoms. The highest BCUT2D eigenvalue weighted by Gasteiger charge is 2.23. The summed E-state index contributed by atoms with van der Waals surface area (Å²) in [7, 11) is -3.59. The zero-order chi connectivity index (χ0) is 22.0. The second kappa shape index (κ2) is 8.95. The summed E-state index contributed by atoms with van der Waals surface area (Å²) in [4.78, 5) is 4.57. The van der Waals surface area contributed by atoms with Crippen LogP contribution >= 0.6 is 23.4 Å². The minimum absolute atomic E-state index is 0.186. The lowest BCUT2D eigenvalue weighted by Crippen LogP contribution is -2.30. The first-order valence-corrected chi connectivity index (χ1v) is 12.3. The van der Waals surface area contributed by atoms with E-state index in [0.29, 0.717) is 51.9 Å². The van der Waals surface area contributed by atoms with Gasteiger partial charge in [-0.2, -0.15) is 9.29 Å². The zero-order valence-corrected chi connectivity index (χ0v) is 19.2. The van der Waals surface area contributed by atoms with Crippen LogP contribution in [0.4, 0.5) is 0 Å². The number of aromatic nitrogens is 5. The molecule has 0 amide bonds. The average Bonchev–Trinajstić information content (AvgIpc) is 3.40. The summed E-state index contributed by atoms with van der Waals surface area (Å²) < 4.78 is 34.0. The Hall–Kier alpha value is -2.47. The van der Waals surface area contributed by atoms with Crippen molar-refractivity contribution in [3.63, 3.8) is 0 Å². The number of fused-ring (bicyclic) bond motifs is 1. The Kier molecular flexibility index (Phi) is 6.28. The Bertz CT molecular complexity index is 1320. The van der Waals surface area contributed by atoms with Gasteiger partial charge in [0.25, 0.3) is 5.89 Å². The molecular formula is C19H19ClN6O3S2. The molecule has 0 aliphatic rings. The minimum Gasteiger partial charge on any atom is -0.334 e. The number of benzene rings is 1. The monoisotopic (exact) mass is 478 g/mol. The van der Waals surface area contributed by atoms with Crippen molar-refractivity contribution in [2.75, 3.05) is 13.1 Å². The molecule has 3 heterocycles. The van der Waals surface area contributed by atoms with Crippen LogP contribution in [0.1, 0.15) is 19.7 Å². The summed E-state index contributed by atoms with van der Waals surface area (Å²) >= 11 is 7.50. The van der Waals surface area contributed by atoms with Crippen LogP contribution in [0.3, 0.4) is 0 Å². The summed E-state index contributed by atoms with van der Waals surface area (Å²) in [6.07, 6.45) is 1.54. The molecule has 0 N–H and O–H groups in total. The highest BCUT2D eigenvalue weighted by molar-refractivity contribution is 7.98. The van der Waals surface area contributed by atoms with Crippen molar-refractivity contribution in [1.82, 2.24) is 29.0 Å². The Morgan fingerprint density at radius 2 is 1.90 bits per heavy atom. The Morgan fingerprint density at radius 3 is 2.65 bits per heavy atom. The summed E-state index contributed by atoms with van der Waals surface area (Å²) in [5, 5.41) is 13.3. The molecule has 0 aliphatic carbocycles. The molecule has 0 atom stereocenters. The third-order valence-electron chi connectivity index (χ3n) is 4.59. The maximum atomic E-state index is 12.8. The van der Waals surface area contributed by atoms with E-state index in [0.717, 1.165) is 0 Å². The molecule has 162 valence electrons. The second-order valence-corrected chi connectivity index (χ2v) is 9.74. The van der Waals surface area contributed by atoms with E-state index in [4.69, 9.17) is 16.1 Å². The van der Waals surface area contributed by atoms with Gasteiger partial charge < -0.3 is 4.52 Å². The van der Waals surface area contributed by atoms with Gasteiger partial charge in [0, 0.05) is 19.3 Å². The highest BCUT2D eigenvalue weighted by atomic mass is 35.5. The van der Waals surface area contributed by atoms with Crippen LogP contribution in [0.15, 0.2) is 57.2 Å². The van der Waals surface area contributed by atoms with E-state index in [2.05, 4.69) is 20.3 Å². The lowest BCUT2D eigenvalue weighted by Gasteiger charge is -2.18. The van der Waals surface area contributed by atoms with E-state index in [9.17, 15) is 8.42 Å². The molecule has 1 aromatic carbocycles. The molecule has 3 aromatic heterocycles. The predicted molar refractivity (Wildman–Crippen MR) is 117 cm³/mol. The van der Waals surface area contributed by atoms with E-state index in [1.807, 2.05) is 12.1 Å². The van der Waals surface area contributed by atoms with Crippen molar-refractivity contribution >= 4 is 39.0 Å². The number of nitrogens with zero attached hydrogens (tertiary/aromatic N) is 6. The third kappa shape index (κ3) is 4.31. The van der Waals surface area contributed by atoms with Crippen molar-refractivity contribution in [3.05, 3.63) is 53.4 Å². The van der Waals surface area contributed by atoms with Gasteiger partial charge in [0.1, 0.15) is 0 Å². The number of rotatable bonds is 8. The van der Waals surface area contributed by atoms with Crippen LogP contribution in [0.5, 0.6) is 0 Å². The first-order chi connectivity index (χ1) is 14.9. The Balaban J connectivity index is 1.57. The van der Waals surface area contributed by atoms with Gasteiger partial charge in [-0.3, -0.25) is 4.40 Å². The van der Waals surface area contributed by atoms with Crippen LogP contribution in [0.2, 0.25) is 5.02 Å². The summed E-state index contributed by atoms with van der Waals surface area (Å²) in [6.45, 7) is 4.40. The first-order valence-electron chi connectivity index (χ1n) is 9.49. The number of hydrogen-bond acceptors (Lipinski definition) is 8. The van der Waals surface area contributed by atoms with Crippen molar-refractivity contribution in [3.8, 4) is 11.5 Å². The van der Waals surface area contributed by atoms with Gasteiger partial charge in [-0.05, 0) is 24.3 Å². The number of halogens is 1.